The van der Waals surface area contributed by atoms with Crippen molar-refractivity contribution < 1.29 is 14.2 Å². The first-order chi connectivity index (χ1) is 16.1. The summed E-state index contributed by atoms with van der Waals surface area (Å²) >= 11 is 0. The standard InChI is InChI=1S/C26H29N3O4/c1-17-22(28-15-20-7-5-11-32-20)14-25(30)29-10-8-18-12-23(31-2)24(13-21(18)26(17)29)33-16-19-6-3-4-9-27-19/h3-4,6,9,12-14,20,28H,5,7-8,10-11,15-16H2,1-2H3. The van der Waals surface area contributed by atoms with Gasteiger partial charge in [0.1, 0.15) is 6.61 Å². The number of methoxy groups -OCH3 is 1. The molecule has 0 radical (unpaired) electrons. The van der Waals surface area contributed by atoms with E-state index in [2.05, 4.69) is 17.2 Å². The van der Waals surface area contributed by atoms with E-state index in [0.29, 0.717) is 31.2 Å². The number of nitrogens with zero attached hydrogens (tertiary/aromatic N) is 2. The van der Waals surface area contributed by atoms with E-state index < -0.39 is 0 Å². The molecule has 7 heteroatoms. The van der Waals surface area contributed by atoms with Gasteiger partial charge in [-0.05, 0) is 61.6 Å². The molecule has 1 aromatic carbocycles. The summed E-state index contributed by atoms with van der Waals surface area (Å²) in [5, 5.41) is 3.46. The van der Waals surface area contributed by atoms with Crippen molar-refractivity contribution in [2.75, 3.05) is 25.6 Å². The molecular formula is C26H29N3O4. The van der Waals surface area contributed by atoms with Crippen LogP contribution in [0.2, 0.25) is 0 Å². The molecule has 0 amide bonds. The molecule has 1 N–H and O–H groups in total. The smallest absolute Gasteiger partial charge is 0.253 e. The zero-order valence-corrected chi connectivity index (χ0v) is 19.1. The zero-order chi connectivity index (χ0) is 22.8. The number of nitrogens with one attached hydrogen (secondary N) is 1. The van der Waals surface area contributed by atoms with Gasteiger partial charge in [0.05, 0.1) is 24.6 Å². The Kier molecular flexibility index (Phi) is 6.05. The van der Waals surface area contributed by atoms with E-state index in [0.717, 1.165) is 59.6 Å². The first-order valence-electron chi connectivity index (χ1n) is 11.5. The average Bonchev–Trinajstić information content (AvgIpc) is 3.37. The van der Waals surface area contributed by atoms with E-state index in [1.54, 1.807) is 19.4 Å². The van der Waals surface area contributed by atoms with Crippen LogP contribution in [-0.4, -0.2) is 35.9 Å². The van der Waals surface area contributed by atoms with Gasteiger partial charge in [-0.25, -0.2) is 0 Å². The highest BCUT2D eigenvalue weighted by atomic mass is 16.5. The van der Waals surface area contributed by atoms with E-state index >= 15 is 0 Å². The Bertz CT molecular complexity index is 1200. The van der Waals surface area contributed by atoms with Gasteiger partial charge in [0.15, 0.2) is 11.5 Å². The van der Waals surface area contributed by atoms with Crippen molar-refractivity contribution in [2.24, 2.45) is 0 Å². The summed E-state index contributed by atoms with van der Waals surface area (Å²) in [6.07, 6.45) is 4.86. The molecule has 2 aliphatic rings. The maximum absolute atomic E-state index is 13.0. The van der Waals surface area contributed by atoms with E-state index in [4.69, 9.17) is 14.2 Å². The molecule has 1 atom stereocenters. The summed E-state index contributed by atoms with van der Waals surface area (Å²) in [6, 6.07) is 11.5. The molecule has 1 fully saturated rings. The molecule has 2 aliphatic heterocycles. The lowest BCUT2D eigenvalue weighted by Gasteiger charge is -2.27. The predicted octanol–water partition coefficient (Wildman–Crippen LogP) is 3.95. The number of rotatable bonds is 7. The molecule has 3 aromatic rings. The highest BCUT2D eigenvalue weighted by Crippen LogP contribution is 2.40. The summed E-state index contributed by atoms with van der Waals surface area (Å²) in [5.41, 5.74) is 5.84. The van der Waals surface area contributed by atoms with Crippen LogP contribution in [0.25, 0.3) is 11.3 Å². The maximum atomic E-state index is 13.0. The van der Waals surface area contributed by atoms with Crippen molar-refractivity contribution in [1.29, 1.82) is 0 Å². The van der Waals surface area contributed by atoms with Gasteiger partial charge in [-0.1, -0.05) is 6.07 Å². The number of fused-ring (bicyclic) bond motifs is 3. The van der Waals surface area contributed by atoms with Gasteiger partial charge in [-0.2, -0.15) is 0 Å². The Morgan fingerprint density at radius 3 is 2.91 bits per heavy atom. The SMILES string of the molecule is COc1cc2c(cc1OCc1ccccn1)-c1c(C)c(NCC3CCCO3)cc(=O)n1CC2. The van der Waals surface area contributed by atoms with Crippen molar-refractivity contribution >= 4 is 5.69 Å². The third-order valence-electron chi connectivity index (χ3n) is 6.46. The molecule has 0 aliphatic carbocycles. The molecule has 5 rings (SSSR count). The summed E-state index contributed by atoms with van der Waals surface area (Å²) in [4.78, 5) is 17.3. The van der Waals surface area contributed by atoms with Gasteiger partial charge < -0.3 is 24.1 Å². The number of pyridine rings is 2. The molecule has 0 spiro atoms. The second-order valence-corrected chi connectivity index (χ2v) is 8.56. The van der Waals surface area contributed by atoms with Crippen molar-refractivity contribution in [2.45, 2.75) is 45.4 Å². The molecule has 2 aromatic heterocycles. The Morgan fingerprint density at radius 1 is 1.24 bits per heavy atom. The number of benzene rings is 1. The third kappa shape index (κ3) is 4.33. The molecule has 1 saturated heterocycles. The summed E-state index contributed by atoms with van der Waals surface area (Å²) < 4.78 is 19.3. The fourth-order valence-corrected chi connectivity index (χ4v) is 4.70. The molecule has 4 heterocycles. The number of aromatic nitrogens is 2. The molecular weight excluding hydrogens is 418 g/mol. The fraction of sp³-hybridized carbons (Fsp3) is 0.385. The van der Waals surface area contributed by atoms with Crippen LogP contribution in [0.5, 0.6) is 11.5 Å². The maximum Gasteiger partial charge on any atom is 0.253 e. The second-order valence-electron chi connectivity index (χ2n) is 8.56. The van der Waals surface area contributed by atoms with Crippen LogP contribution in [0.15, 0.2) is 47.4 Å². The normalized spacial score (nSPS) is 16.7. The molecule has 0 saturated carbocycles. The lowest BCUT2D eigenvalue weighted by molar-refractivity contribution is 0.120. The van der Waals surface area contributed by atoms with Crippen LogP contribution in [0.3, 0.4) is 0 Å². The Labute approximate surface area is 193 Å². The molecule has 7 nitrogen and oxygen atoms in total. The van der Waals surface area contributed by atoms with Gasteiger partial charge in [-0.3, -0.25) is 9.78 Å². The van der Waals surface area contributed by atoms with Crippen molar-refractivity contribution in [1.82, 2.24) is 9.55 Å². The minimum atomic E-state index is 0.00265. The highest BCUT2D eigenvalue weighted by molar-refractivity contribution is 5.76. The number of hydrogen-bond acceptors (Lipinski definition) is 6. The number of anilines is 1. The van der Waals surface area contributed by atoms with E-state index in [1.165, 1.54) is 0 Å². The summed E-state index contributed by atoms with van der Waals surface area (Å²) in [7, 11) is 1.65. The Hall–Kier alpha value is -3.32. The molecule has 33 heavy (non-hydrogen) atoms. The summed E-state index contributed by atoms with van der Waals surface area (Å²) in [6.45, 7) is 4.57. The number of aryl methyl sites for hydroxylation is 1. The highest BCUT2D eigenvalue weighted by Gasteiger charge is 2.24. The van der Waals surface area contributed by atoms with Crippen molar-refractivity contribution in [3.8, 4) is 22.8 Å². The molecule has 1 unspecified atom stereocenters. The van der Waals surface area contributed by atoms with Crippen molar-refractivity contribution in [3.05, 3.63) is 69.8 Å². The first-order valence-corrected chi connectivity index (χ1v) is 11.5. The number of hydrogen-bond donors (Lipinski definition) is 1. The minimum absolute atomic E-state index is 0.00265. The van der Waals surface area contributed by atoms with Crippen LogP contribution in [-0.2, 0) is 24.3 Å². The van der Waals surface area contributed by atoms with Crippen LogP contribution in [0.1, 0.15) is 29.7 Å². The quantitative estimate of drug-likeness (QED) is 0.591. The topological polar surface area (TPSA) is 74.6 Å². The third-order valence-corrected chi connectivity index (χ3v) is 6.46. The Morgan fingerprint density at radius 2 is 2.15 bits per heavy atom. The van der Waals surface area contributed by atoms with Gasteiger partial charge in [0, 0.05) is 43.2 Å². The van der Waals surface area contributed by atoms with E-state index in [9.17, 15) is 4.79 Å². The van der Waals surface area contributed by atoms with Gasteiger partial charge >= 0.3 is 0 Å². The van der Waals surface area contributed by atoms with Crippen molar-refractivity contribution in [3.63, 3.8) is 0 Å². The van der Waals surface area contributed by atoms with Crippen LogP contribution < -0.4 is 20.3 Å². The van der Waals surface area contributed by atoms with Crippen LogP contribution in [0.4, 0.5) is 5.69 Å². The first kappa shape index (κ1) is 21.5. The lowest BCUT2D eigenvalue weighted by Crippen LogP contribution is -2.28. The van der Waals surface area contributed by atoms with Crippen LogP contribution in [0, 0.1) is 6.92 Å². The zero-order valence-electron chi connectivity index (χ0n) is 19.1. The average molecular weight is 448 g/mol. The second kappa shape index (κ2) is 9.27. The monoisotopic (exact) mass is 447 g/mol. The van der Waals surface area contributed by atoms with Crippen LogP contribution >= 0.6 is 0 Å². The fourth-order valence-electron chi connectivity index (χ4n) is 4.70. The lowest BCUT2D eigenvalue weighted by atomic mass is 9.93. The number of ether oxygens (including phenoxy) is 3. The Balaban J connectivity index is 1.50. The van der Waals surface area contributed by atoms with Gasteiger partial charge in [-0.15, -0.1) is 0 Å². The van der Waals surface area contributed by atoms with Gasteiger partial charge in [0.25, 0.3) is 5.56 Å². The summed E-state index contributed by atoms with van der Waals surface area (Å²) in [5.74, 6) is 1.32. The molecule has 172 valence electrons. The van der Waals surface area contributed by atoms with E-state index in [1.807, 2.05) is 34.9 Å². The predicted molar refractivity (Wildman–Crippen MR) is 127 cm³/mol. The molecule has 0 bridgehead atoms. The largest absolute Gasteiger partial charge is 0.493 e. The van der Waals surface area contributed by atoms with E-state index in [-0.39, 0.29) is 11.7 Å². The van der Waals surface area contributed by atoms with Gasteiger partial charge in [0.2, 0.25) is 0 Å². The minimum Gasteiger partial charge on any atom is -0.493 e.